The van der Waals surface area contributed by atoms with Crippen LogP contribution in [0.3, 0.4) is 0 Å². The van der Waals surface area contributed by atoms with Crippen LogP contribution in [0.25, 0.3) is 11.6 Å². The van der Waals surface area contributed by atoms with Gasteiger partial charge in [0.2, 0.25) is 5.88 Å². The Kier molecular flexibility index (Phi) is 6.23. The summed E-state index contributed by atoms with van der Waals surface area (Å²) in [6, 6.07) is 6.16. The number of rotatable bonds is 8. The first-order valence-corrected chi connectivity index (χ1v) is 10.3. The molecule has 0 bridgehead atoms. The highest BCUT2D eigenvalue weighted by Crippen LogP contribution is 2.38. The van der Waals surface area contributed by atoms with Crippen LogP contribution in [0.5, 0.6) is 5.88 Å². The van der Waals surface area contributed by atoms with E-state index in [4.69, 9.17) is 17.3 Å². The summed E-state index contributed by atoms with van der Waals surface area (Å²) in [5.41, 5.74) is 4.27. The maximum absolute atomic E-state index is 10.6. The summed E-state index contributed by atoms with van der Waals surface area (Å²) in [4.78, 5) is 15.8. The summed E-state index contributed by atoms with van der Waals surface area (Å²) >= 11 is 6.78. The molecule has 0 spiro atoms. The lowest BCUT2D eigenvalue weighted by atomic mass is 10.0. The maximum atomic E-state index is 10.6. The smallest absolute Gasteiger partial charge is 0.303 e. The van der Waals surface area contributed by atoms with Gasteiger partial charge in [-0.2, -0.15) is 0 Å². The third-order valence-electron chi connectivity index (χ3n) is 4.60. The molecule has 0 atom stereocenters. The zero-order valence-electron chi connectivity index (χ0n) is 15.1. The highest BCUT2D eigenvalue weighted by Gasteiger charge is 2.17. The van der Waals surface area contributed by atoms with Gasteiger partial charge in [-0.3, -0.25) is 14.4 Å². The van der Waals surface area contributed by atoms with Crippen molar-refractivity contribution in [1.82, 2.24) is 4.57 Å². The van der Waals surface area contributed by atoms with E-state index in [-0.39, 0.29) is 12.3 Å². The second-order valence-electron chi connectivity index (χ2n) is 6.44. The molecule has 1 aromatic heterocycles. The molecule has 142 valence electrons. The normalized spacial score (nSPS) is 14.0. The van der Waals surface area contributed by atoms with Crippen LogP contribution in [0, 0.1) is 3.95 Å². The van der Waals surface area contributed by atoms with Gasteiger partial charge in [0.1, 0.15) is 0 Å². The number of aryl methyl sites for hydroxylation is 1. The largest absolute Gasteiger partial charge is 0.493 e. The monoisotopic (exact) mass is 402 g/mol. The van der Waals surface area contributed by atoms with E-state index in [1.807, 2.05) is 24.4 Å². The topological polar surface area (TPSA) is 74.8 Å². The van der Waals surface area contributed by atoms with Crippen LogP contribution < -0.4 is 0 Å². The first-order chi connectivity index (χ1) is 13.0. The van der Waals surface area contributed by atoms with Crippen LogP contribution in [0.2, 0.25) is 0 Å². The number of aliphatic imine (C=N–C) groups is 1. The Bertz CT molecular complexity index is 970. The van der Waals surface area contributed by atoms with E-state index < -0.39 is 5.97 Å². The second kappa shape index (κ2) is 8.63. The molecule has 1 aromatic carbocycles. The summed E-state index contributed by atoms with van der Waals surface area (Å²) in [6.07, 6.45) is 7.09. The van der Waals surface area contributed by atoms with Crippen molar-refractivity contribution < 1.29 is 15.0 Å². The Hall–Kier alpha value is -2.25. The van der Waals surface area contributed by atoms with Gasteiger partial charge < -0.3 is 10.2 Å². The molecule has 0 saturated carbocycles. The number of carbonyl (C=O) groups is 1. The molecule has 0 fully saturated rings. The number of hydrogen-bond acceptors (Lipinski definition) is 5. The van der Waals surface area contributed by atoms with Crippen LogP contribution in [0.4, 0.5) is 5.69 Å². The molecule has 0 saturated heterocycles. The number of aromatic nitrogens is 1. The number of carboxylic acid groups (broad SMARTS) is 1. The Morgan fingerprint density at radius 1 is 1.33 bits per heavy atom. The molecule has 0 amide bonds. The Balaban J connectivity index is 1.77. The van der Waals surface area contributed by atoms with Gasteiger partial charge in [-0.1, -0.05) is 31.5 Å². The number of aliphatic carboxylic acids is 1. The first kappa shape index (κ1) is 19.5. The molecule has 2 heterocycles. The highest BCUT2D eigenvalue weighted by atomic mass is 32.1. The third kappa shape index (κ3) is 4.36. The molecule has 2 N–H and O–H groups in total. The van der Waals surface area contributed by atoms with E-state index in [2.05, 4.69) is 18.0 Å². The maximum Gasteiger partial charge on any atom is 0.303 e. The number of unbranched alkanes of at least 4 members (excludes halogenated alkanes) is 2. The average Bonchev–Trinajstić information content (AvgIpc) is 3.17. The number of fused-ring (bicyclic) bond motifs is 1. The average molecular weight is 403 g/mol. The van der Waals surface area contributed by atoms with Gasteiger partial charge in [-0.25, -0.2) is 0 Å². The van der Waals surface area contributed by atoms with Crippen LogP contribution in [0.1, 0.15) is 48.6 Å². The zero-order chi connectivity index (χ0) is 19.4. The Morgan fingerprint density at radius 2 is 2.15 bits per heavy atom. The van der Waals surface area contributed by atoms with Crippen LogP contribution in [0.15, 0.2) is 23.2 Å². The van der Waals surface area contributed by atoms with Crippen LogP contribution >= 0.6 is 23.6 Å². The van der Waals surface area contributed by atoms with E-state index in [1.54, 1.807) is 4.57 Å². The summed E-state index contributed by atoms with van der Waals surface area (Å²) in [5, 5.41) is 19.3. The predicted octanol–water partition coefficient (Wildman–Crippen LogP) is 5.45. The van der Waals surface area contributed by atoms with Gasteiger partial charge in [-0.05, 0) is 43.1 Å². The summed E-state index contributed by atoms with van der Waals surface area (Å²) in [6.45, 7) is 2.70. The fraction of sp³-hybridized carbons (Fsp3) is 0.350. The minimum atomic E-state index is -0.774. The third-order valence-corrected chi connectivity index (χ3v) is 5.98. The fourth-order valence-electron chi connectivity index (χ4n) is 3.15. The van der Waals surface area contributed by atoms with Crippen molar-refractivity contribution in [3.05, 3.63) is 38.2 Å². The molecule has 5 nitrogen and oxygen atoms in total. The van der Waals surface area contributed by atoms with Gasteiger partial charge in [0.05, 0.1) is 10.6 Å². The van der Waals surface area contributed by atoms with Crippen LogP contribution in [-0.4, -0.2) is 27.0 Å². The molecule has 0 radical (unpaired) electrons. The van der Waals surface area contributed by atoms with Crippen molar-refractivity contribution in [1.29, 1.82) is 0 Å². The van der Waals surface area contributed by atoms with Gasteiger partial charge in [0, 0.05) is 30.3 Å². The van der Waals surface area contributed by atoms with Gasteiger partial charge in [0.15, 0.2) is 3.95 Å². The number of nitrogens with zero attached hydrogens (tertiary/aromatic N) is 2. The number of allylic oxidation sites excluding steroid dienone is 1. The first-order valence-electron chi connectivity index (χ1n) is 9.03. The molecule has 1 aliphatic rings. The van der Waals surface area contributed by atoms with Crippen molar-refractivity contribution >= 4 is 53.1 Å². The van der Waals surface area contributed by atoms with Crippen molar-refractivity contribution in [2.75, 3.05) is 0 Å². The molecule has 0 unspecified atom stereocenters. The molecule has 1 aliphatic heterocycles. The number of hydrogen-bond donors (Lipinski definition) is 2. The molecule has 7 heteroatoms. The second-order valence-corrected chi connectivity index (χ2v) is 8.11. The predicted molar refractivity (Wildman–Crippen MR) is 113 cm³/mol. The molecule has 3 rings (SSSR count). The number of para-hydroxylation sites is 1. The lowest BCUT2D eigenvalue weighted by Gasteiger charge is -2.05. The minimum Gasteiger partial charge on any atom is -0.493 e. The van der Waals surface area contributed by atoms with Crippen molar-refractivity contribution in [2.45, 2.75) is 45.6 Å². The number of carboxylic acids is 1. The van der Waals surface area contributed by atoms with Crippen molar-refractivity contribution in [2.24, 2.45) is 4.99 Å². The van der Waals surface area contributed by atoms with E-state index in [9.17, 15) is 9.90 Å². The highest BCUT2D eigenvalue weighted by molar-refractivity contribution is 7.73. The molecule has 27 heavy (non-hydrogen) atoms. The van der Waals surface area contributed by atoms with E-state index in [0.29, 0.717) is 16.9 Å². The van der Waals surface area contributed by atoms with Gasteiger partial charge in [0.25, 0.3) is 0 Å². The fourth-order valence-corrected chi connectivity index (χ4v) is 4.46. The zero-order valence-corrected chi connectivity index (χ0v) is 16.8. The number of aromatic hydroxyl groups is 1. The molecule has 2 aromatic rings. The molecular formula is C20H22N2O3S2. The Morgan fingerprint density at radius 3 is 2.89 bits per heavy atom. The van der Waals surface area contributed by atoms with E-state index in [1.165, 1.54) is 16.9 Å². The van der Waals surface area contributed by atoms with E-state index in [0.717, 1.165) is 41.0 Å². The number of thiazole rings is 1. The van der Waals surface area contributed by atoms with Crippen LogP contribution in [-0.2, 0) is 17.8 Å². The Labute approximate surface area is 167 Å². The lowest BCUT2D eigenvalue weighted by molar-refractivity contribution is -0.137. The standard InChI is InChI=1S/C20H22N2O3S2/c1-2-13-7-6-8-15-14(12-21-18(13)15)11-16-19(25)22(20(26)27-16)10-5-3-4-9-17(23)24/h6-8,11-12,25H,2-5,9-10H2,1H3,(H,23,24). The molecule has 0 aliphatic carbocycles. The quantitative estimate of drug-likeness (QED) is 0.455. The molecular weight excluding hydrogens is 380 g/mol. The summed E-state index contributed by atoms with van der Waals surface area (Å²) in [7, 11) is 0. The minimum absolute atomic E-state index is 0.171. The van der Waals surface area contributed by atoms with E-state index >= 15 is 0 Å². The number of benzene rings is 1. The lowest BCUT2D eigenvalue weighted by Crippen LogP contribution is -1.99. The van der Waals surface area contributed by atoms with Crippen molar-refractivity contribution in [3.8, 4) is 5.88 Å². The van der Waals surface area contributed by atoms with Gasteiger partial charge >= 0.3 is 5.97 Å². The van der Waals surface area contributed by atoms with Gasteiger partial charge in [-0.15, -0.1) is 11.3 Å². The van der Waals surface area contributed by atoms with Crippen molar-refractivity contribution in [3.63, 3.8) is 0 Å². The summed E-state index contributed by atoms with van der Waals surface area (Å²) in [5.74, 6) is -0.604. The summed E-state index contributed by atoms with van der Waals surface area (Å²) < 4.78 is 2.35. The SMILES string of the molecule is CCc1cccc2c1N=CC2=Cc1sc(=S)n(CCCCCC(=O)O)c1O.